The number of anilines is 2. The molecule has 2 aromatic rings. The van der Waals surface area contributed by atoms with Crippen molar-refractivity contribution in [3.05, 3.63) is 58.6 Å². The van der Waals surface area contributed by atoms with Gasteiger partial charge in [-0.05, 0) is 67.5 Å². The maximum Gasteiger partial charge on any atom is 0.173 e. The fourth-order valence-electron chi connectivity index (χ4n) is 2.86. The molecule has 3 nitrogen and oxygen atoms in total. The van der Waals surface area contributed by atoms with Crippen molar-refractivity contribution in [2.24, 2.45) is 0 Å². The molecule has 1 heterocycles. The third-order valence-corrected chi connectivity index (χ3v) is 5.09. The maximum absolute atomic E-state index is 6.09. The fourth-order valence-corrected chi connectivity index (χ4v) is 3.35. The van der Waals surface area contributed by atoms with E-state index in [-0.39, 0.29) is 0 Å². The summed E-state index contributed by atoms with van der Waals surface area (Å²) in [6, 6.07) is 14.4. The minimum Gasteiger partial charge on any atom is -0.368 e. The normalized spacial score (nSPS) is 14.6. The summed E-state index contributed by atoms with van der Waals surface area (Å²) in [5, 5.41) is 4.94. The van der Waals surface area contributed by atoms with Gasteiger partial charge in [0.25, 0.3) is 0 Å². The highest BCUT2D eigenvalue weighted by molar-refractivity contribution is 7.80. The number of hydrogen-bond donors (Lipinski definition) is 1. The van der Waals surface area contributed by atoms with Crippen LogP contribution in [0.15, 0.2) is 42.5 Å². The third kappa shape index (κ3) is 4.00. The molecule has 1 aliphatic heterocycles. The van der Waals surface area contributed by atoms with Crippen LogP contribution in [0, 0.1) is 13.8 Å². The number of thiocarbonyl (C=S) groups is 1. The Morgan fingerprint density at radius 1 is 1.00 bits per heavy atom. The molecule has 0 amide bonds. The van der Waals surface area contributed by atoms with Gasteiger partial charge in [-0.25, -0.2) is 0 Å². The van der Waals surface area contributed by atoms with E-state index in [0.29, 0.717) is 0 Å². The zero-order valence-electron chi connectivity index (χ0n) is 14.1. The summed E-state index contributed by atoms with van der Waals surface area (Å²) in [5.74, 6) is 0. The van der Waals surface area contributed by atoms with E-state index in [4.69, 9.17) is 23.8 Å². The van der Waals surface area contributed by atoms with E-state index in [9.17, 15) is 0 Å². The standard InChI is InChI=1S/C19H22ClN3S/c1-14-6-7-17(12-15(14)2)21-19(24)23-10-8-22(9-11-23)18-5-3-4-16(20)13-18/h3-7,12-13H,8-11H2,1-2H3,(H,21,24). The molecule has 24 heavy (non-hydrogen) atoms. The Hall–Kier alpha value is -1.78. The van der Waals surface area contributed by atoms with Crippen molar-refractivity contribution in [1.82, 2.24) is 4.90 Å². The van der Waals surface area contributed by atoms with Crippen molar-refractivity contribution in [3.8, 4) is 0 Å². The lowest BCUT2D eigenvalue weighted by atomic mass is 10.1. The second kappa shape index (κ2) is 7.41. The van der Waals surface area contributed by atoms with E-state index in [1.54, 1.807) is 0 Å². The number of aryl methyl sites for hydroxylation is 2. The summed E-state index contributed by atoms with van der Waals surface area (Å²) in [4.78, 5) is 4.58. The highest BCUT2D eigenvalue weighted by Gasteiger charge is 2.19. The van der Waals surface area contributed by atoms with Crippen LogP contribution in [0.1, 0.15) is 11.1 Å². The lowest BCUT2D eigenvalue weighted by Crippen LogP contribution is -2.50. The van der Waals surface area contributed by atoms with Crippen molar-refractivity contribution in [1.29, 1.82) is 0 Å². The van der Waals surface area contributed by atoms with Gasteiger partial charge in [0.1, 0.15) is 0 Å². The topological polar surface area (TPSA) is 18.5 Å². The van der Waals surface area contributed by atoms with Gasteiger partial charge in [0.15, 0.2) is 5.11 Å². The molecule has 0 unspecified atom stereocenters. The Bertz CT molecular complexity index is 739. The largest absolute Gasteiger partial charge is 0.368 e. The summed E-state index contributed by atoms with van der Waals surface area (Å²) < 4.78 is 0. The SMILES string of the molecule is Cc1ccc(NC(=S)N2CCN(c3cccc(Cl)c3)CC2)cc1C. The molecule has 0 aliphatic carbocycles. The van der Waals surface area contributed by atoms with Crippen molar-refractivity contribution in [2.45, 2.75) is 13.8 Å². The highest BCUT2D eigenvalue weighted by Crippen LogP contribution is 2.21. The fraction of sp³-hybridized carbons (Fsp3) is 0.316. The number of rotatable bonds is 2. The van der Waals surface area contributed by atoms with Gasteiger partial charge in [-0.15, -0.1) is 0 Å². The van der Waals surface area contributed by atoms with Gasteiger partial charge in [-0.1, -0.05) is 23.7 Å². The van der Waals surface area contributed by atoms with Crippen LogP contribution in [0.25, 0.3) is 0 Å². The molecule has 1 aliphatic rings. The molecule has 0 radical (unpaired) electrons. The van der Waals surface area contributed by atoms with Gasteiger partial charge < -0.3 is 15.1 Å². The Morgan fingerprint density at radius 2 is 1.75 bits per heavy atom. The Balaban J connectivity index is 1.58. The predicted octanol–water partition coefficient (Wildman–Crippen LogP) is 4.48. The van der Waals surface area contributed by atoms with Crippen LogP contribution < -0.4 is 10.2 Å². The second-order valence-electron chi connectivity index (χ2n) is 6.18. The smallest absolute Gasteiger partial charge is 0.173 e. The summed E-state index contributed by atoms with van der Waals surface area (Å²) in [6.45, 7) is 7.93. The van der Waals surface area contributed by atoms with Crippen molar-refractivity contribution in [3.63, 3.8) is 0 Å². The number of benzene rings is 2. The molecule has 0 aromatic heterocycles. The number of piperazine rings is 1. The first-order valence-electron chi connectivity index (χ1n) is 8.16. The minimum atomic E-state index is 0.779. The minimum absolute atomic E-state index is 0.779. The lowest BCUT2D eigenvalue weighted by Gasteiger charge is -2.37. The van der Waals surface area contributed by atoms with E-state index >= 15 is 0 Å². The molecule has 3 rings (SSSR count). The van der Waals surface area contributed by atoms with Crippen LogP contribution in [0.3, 0.4) is 0 Å². The molecule has 126 valence electrons. The quantitative estimate of drug-likeness (QED) is 0.797. The predicted molar refractivity (Wildman–Crippen MR) is 107 cm³/mol. The summed E-state index contributed by atoms with van der Waals surface area (Å²) in [5.41, 5.74) is 4.80. The number of nitrogens with one attached hydrogen (secondary N) is 1. The first-order valence-corrected chi connectivity index (χ1v) is 8.95. The second-order valence-corrected chi connectivity index (χ2v) is 7.01. The molecule has 1 fully saturated rings. The molecule has 1 N–H and O–H groups in total. The number of nitrogens with zero attached hydrogens (tertiary/aromatic N) is 2. The van der Waals surface area contributed by atoms with Gasteiger partial charge in [0.05, 0.1) is 0 Å². The van der Waals surface area contributed by atoms with E-state index in [0.717, 1.165) is 42.0 Å². The van der Waals surface area contributed by atoms with Crippen LogP contribution in [0.4, 0.5) is 11.4 Å². The molecule has 0 spiro atoms. The van der Waals surface area contributed by atoms with E-state index in [1.165, 1.54) is 16.8 Å². The molecule has 5 heteroatoms. The van der Waals surface area contributed by atoms with E-state index in [2.05, 4.69) is 53.2 Å². The molecular formula is C19H22ClN3S. The van der Waals surface area contributed by atoms with Crippen LogP contribution >= 0.6 is 23.8 Å². The van der Waals surface area contributed by atoms with Gasteiger partial charge in [-0.2, -0.15) is 0 Å². The molecular weight excluding hydrogens is 338 g/mol. The van der Waals surface area contributed by atoms with Crippen LogP contribution in [0.2, 0.25) is 5.02 Å². The van der Waals surface area contributed by atoms with E-state index < -0.39 is 0 Å². The van der Waals surface area contributed by atoms with Gasteiger partial charge >= 0.3 is 0 Å². The van der Waals surface area contributed by atoms with Crippen LogP contribution in [-0.4, -0.2) is 36.2 Å². The summed E-state index contributed by atoms with van der Waals surface area (Å²) >= 11 is 11.7. The van der Waals surface area contributed by atoms with Gasteiger partial charge in [0, 0.05) is 42.6 Å². The maximum atomic E-state index is 6.09. The van der Waals surface area contributed by atoms with Crippen LogP contribution in [-0.2, 0) is 0 Å². The first-order chi connectivity index (χ1) is 11.5. The highest BCUT2D eigenvalue weighted by atomic mass is 35.5. The van der Waals surface area contributed by atoms with E-state index in [1.807, 2.05) is 18.2 Å². The average molecular weight is 360 g/mol. The average Bonchev–Trinajstić information content (AvgIpc) is 2.58. The molecule has 0 saturated carbocycles. The zero-order valence-corrected chi connectivity index (χ0v) is 15.6. The molecule has 0 atom stereocenters. The lowest BCUT2D eigenvalue weighted by molar-refractivity contribution is 0.391. The van der Waals surface area contributed by atoms with Crippen molar-refractivity contribution in [2.75, 3.05) is 36.4 Å². The first kappa shape index (κ1) is 17.1. The number of hydrogen-bond acceptors (Lipinski definition) is 2. The van der Waals surface area contributed by atoms with Crippen molar-refractivity contribution < 1.29 is 0 Å². The molecule has 2 aromatic carbocycles. The van der Waals surface area contributed by atoms with Crippen LogP contribution in [0.5, 0.6) is 0 Å². The zero-order chi connectivity index (χ0) is 17.1. The van der Waals surface area contributed by atoms with Gasteiger partial charge in [0.2, 0.25) is 0 Å². The number of halogens is 1. The third-order valence-electron chi connectivity index (χ3n) is 4.50. The van der Waals surface area contributed by atoms with Crippen molar-refractivity contribution >= 4 is 40.3 Å². The summed E-state index contributed by atoms with van der Waals surface area (Å²) in [7, 11) is 0. The monoisotopic (exact) mass is 359 g/mol. The Morgan fingerprint density at radius 3 is 2.42 bits per heavy atom. The Labute approximate surface area is 154 Å². The Kier molecular flexibility index (Phi) is 5.27. The molecule has 1 saturated heterocycles. The van der Waals surface area contributed by atoms with Gasteiger partial charge in [-0.3, -0.25) is 0 Å². The molecule has 0 bridgehead atoms. The summed E-state index contributed by atoms with van der Waals surface area (Å²) in [6.07, 6.45) is 0.